The zero-order chi connectivity index (χ0) is 37.1. The van der Waals surface area contributed by atoms with Crippen LogP contribution in [0, 0.1) is 12.8 Å². The van der Waals surface area contributed by atoms with Gasteiger partial charge in [0.15, 0.2) is 0 Å². The number of rotatable bonds is 11. The van der Waals surface area contributed by atoms with Gasteiger partial charge in [-0.05, 0) is 165 Å². The standard InChI is InChI=1S/C50H47N.C2H2/c1-6-11-16-35-29-37-21-22-38-30-39-32-45(50-44-18-13-12-17-36(44)31-46(50)48(39)49(38)47(37)43(35)10-5)34-23-27-42(28-24-34)51(40(9-4)15-8-3)41-25-19-33(14-7-2)20-26-41;1-2/h7-8,11-13,15-28,32H,2-3,6,9-10,14,29-31H2,1,4-5H3;1-2H/b16-11-,40-15+;. The van der Waals surface area contributed by atoms with Gasteiger partial charge in [0.05, 0.1) is 0 Å². The summed E-state index contributed by atoms with van der Waals surface area (Å²) in [4.78, 5) is 2.37. The maximum absolute atomic E-state index is 4.03. The first kappa shape index (κ1) is 35.6. The lowest BCUT2D eigenvalue weighted by atomic mass is 9.85. The smallest absolute Gasteiger partial charge is 0.0458 e. The average molecular weight is 688 g/mol. The van der Waals surface area contributed by atoms with Crippen molar-refractivity contribution in [2.45, 2.75) is 65.7 Å². The maximum atomic E-state index is 4.03. The van der Waals surface area contributed by atoms with Crippen LogP contribution in [0.1, 0.15) is 79.0 Å². The maximum Gasteiger partial charge on any atom is 0.0458 e. The minimum absolute atomic E-state index is 0.869. The fourth-order valence-corrected chi connectivity index (χ4v) is 8.89. The largest absolute Gasteiger partial charge is 0.314 e. The van der Waals surface area contributed by atoms with Gasteiger partial charge in [0.25, 0.3) is 0 Å². The predicted molar refractivity (Wildman–Crippen MR) is 230 cm³/mol. The molecule has 0 heterocycles. The second-order valence-corrected chi connectivity index (χ2v) is 14.1. The van der Waals surface area contributed by atoms with E-state index in [9.17, 15) is 0 Å². The Hall–Kier alpha value is -5.84. The molecule has 3 aliphatic carbocycles. The van der Waals surface area contributed by atoms with E-state index >= 15 is 0 Å². The Balaban J connectivity index is 0.00000214. The van der Waals surface area contributed by atoms with E-state index in [1.54, 1.807) is 5.57 Å². The van der Waals surface area contributed by atoms with Gasteiger partial charge in [0.2, 0.25) is 0 Å². The molecule has 0 fully saturated rings. The van der Waals surface area contributed by atoms with Crippen LogP contribution in [0.15, 0.2) is 146 Å². The van der Waals surface area contributed by atoms with Crippen LogP contribution in [0.3, 0.4) is 0 Å². The molecule has 0 saturated heterocycles. The predicted octanol–water partition coefficient (Wildman–Crippen LogP) is 13.8. The molecule has 262 valence electrons. The normalized spacial score (nSPS) is 13.5. The van der Waals surface area contributed by atoms with E-state index in [0.29, 0.717) is 0 Å². The Labute approximate surface area is 317 Å². The molecule has 53 heavy (non-hydrogen) atoms. The summed E-state index contributed by atoms with van der Waals surface area (Å²) in [6, 6.07) is 34.6. The lowest BCUT2D eigenvalue weighted by Crippen LogP contribution is -2.16. The summed E-state index contributed by atoms with van der Waals surface area (Å²) in [6.07, 6.45) is 25.6. The van der Waals surface area contributed by atoms with Gasteiger partial charge in [-0.2, -0.15) is 0 Å². The van der Waals surface area contributed by atoms with Crippen LogP contribution < -0.4 is 4.90 Å². The zero-order valence-corrected chi connectivity index (χ0v) is 31.5. The highest BCUT2D eigenvalue weighted by Gasteiger charge is 2.35. The van der Waals surface area contributed by atoms with Crippen molar-refractivity contribution < 1.29 is 0 Å². The number of fused-ring (bicyclic) bond motifs is 9. The molecular formula is C52H49N. The Morgan fingerprint density at radius 3 is 2.06 bits per heavy atom. The number of allylic oxidation sites excluding steroid dienone is 8. The first-order valence-corrected chi connectivity index (χ1v) is 19.1. The molecular weight excluding hydrogens is 639 g/mol. The second kappa shape index (κ2) is 15.4. The highest BCUT2D eigenvalue weighted by Crippen LogP contribution is 2.55. The summed E-state index contributed by atoms with van der Waals surface area (Å²) >= 11 is 0. The van der Waals surface area contributed by atoms with Crippen molar-refractivity contribution in [3.05, 3.63) is 185 Å². The lowest BCUT2D eigenvalue weighted by Gasteiger charge is -2.28. The summed E-state index contributed by atoms with van der Waals surface area (Å²) in [6.45, 7) is 14.7. The highest BCUT2D eigenvalue weighted by atomic mass is 15.1. The number of terminal acetylenes is 1. The molecule has 0 spiro atoms. The van der Waals surface area contributed by atoms with E-state index in [-0.39, 0.29) is 0 Å². The molecule has 0 atom stereocenters. The number of nitrogens with zero attached hydrogens (tertiary/aromatic N) is 1. The van der Waals surface area contributed by atoms with Crippen molar-refractivity contribution in [2.75, 3.05) is 4.90 Å². The summed E-state index contributed by atoms with van der Waals surface area (Å²) in [7, 11) is 0. The molecule has 8 rings (SSSR count). The Bertz CT molecular complexity index is 2320. The van der Waals surface area contributed by atoms with Crippen molar-refractivity contribution in [3.8, 4) is 46.2 Å². The third-order valence-corrected chi connectivity index (χ3v) is 11.1. The van der Waals surface area contributed by atoms with E-state index in [0.717, 1.165) is 56.3 Å². The fraction of sp³-hybridized carbons (Fsp3) is 0.192. The third-order valence-electron chi connectivity index (χ3n) is 11.1. The Morgan fingerprint density at radius 1 is 0.698 bits per heavy atom. The first-order chi connectivity index (χ1) is 26.1. The molecule has 5 aromatic rings. The molecule has 0 radical (unpaired) electrons. The fourth-order valence-electron chi connectivity index (χ4n) is 8.89. The van der Waals surface area contributed by atoms with Gasteiger partial charge in [-0.25, -0.2) is 0 Å². The first-order valence-electron chi connectivity index (χ1n) is 19.1. The molecule has 0 N–H and O–H groups in total. The van der Waals surface area contributed by atoms with Gasteiger partial charge in [0.1, 0.15) is 0 Å². The van der Waals surface area contributed by atoms with Gasteiger partial charge < -0.3 is 4.90 Å². The lowest BCUT2D eigenvalue weighted by molar-refractivity contribution is 1.01. The van der Waals surface area contributed by atoms with Gasteiger partial charge >= 0.3 is 0 Å². The van der Waals surface area contributed by atoms with Crippen LogP contribution >= 0.6 is 0 Å². The molecule has 3 aliphatic rings. The third kappa shape index (κ3) is 6.23. The Morgan fingerprint density at radius 2 is 1.40 bits per heavy atom. The van der Waals surface area contributed by atoms with Gasteiger partial charge in [-0.15, -0.1) is 19.4 Å². The van der Waals surface area contributed by atoms with Crippen molar-refractivity contribution in [2.24, 2.45) is 0 Å². The van der Waals surface area contributed by atoms with Crippen molar-refractivity contribution in [3.63, 3.8) is 0 Å². The summed E-state index contributed by atoms with van der Waals surface area (Å²) < 4.78 is 0. The summed E-state index contributed by atoms with van der Waals surface area (Å²) in [5, 5.41) is 0. The topological polar surface area (TPSA) is 3.24 Å². The minimum Gasteiger partial charge on any atom is -0.314 e. The minimum atomic E-state index is 0.869. The quantitative estimate of drug-likeness (QED) is 0.0743. The summed E-state index contributed by atoms with van der Waals surface area (Å²) in [5.41, 5.74) is 25.2. The SMILES string of the molecule is C#C.C=C/C=C(\CC)N(c1ccc(CC=C)cc1)c1ccc(-c2cc3c(c4c2-c2ccccc2C4)-c2c(ccc4c2C(CC)=C(/C=C\CC)C4)C3)cc1. The van der Waals surface area contributed by atoms with E-state index in [4.69, 9.17) is 0 Å². The second-order valence-electron chi connectivity index (χ2n) is 14.1. The molecule has 1 nitrogen and oxygen atoms in total. The summed E-state index contributed by atoms with van der Waals surface area (Å²) in [5.74, 6) is 0. The van der Waals surface area contributed by atoms with Gasteiger partial charge in [0, 0.05) is 17.1 Å². The number of anilines is 2. The molecule has 0 aromatic heterocycles. The van der Waals surface area contributed by atoms with Gasteiger partial charge in [-0.1, -0.05) is 112 Å². The van der Waals surface area contributed by atoms with E-state index in [2.05, 4.69) is 161 Å². The van der Waals surface area contributed by atoms with Crippen LogP contribution in [-0.2, 0) is 25.7 Å². The number of benzene rings is 5. The molecule has 0 bridgehead atoms. The average Bonchev–Trinajstić information content (AvgIpc) is 3.89. The van der Waals surface area contributed by atoms with Crippen LogP contribution in [0.25, 0.3) is 39.0 Å². The van der Waals surface area contributed by atoms with Crippen molar-refractivity contribution >= 4 is 16.9 Å². The number of hydrogen-bond acceptors (Lipinski definition) is 1. The number of hydrogen-bond donors (Lipinski definition) is 0. The highest BCUT2D eigenvalue weighted by molar-refractivity contribution is 6.02. The van der Waals surface area contributed by atoms with E-state index in [1.807, 2.05) is 12.2 Å². The molecule has 5 aromatic carbocycles. The zero-order valence-electron chi connectivity index (χ0n) is 31.5. The van der Waals surface area contributed by atoms with Crippen LogP contribution in [0.4, 0.5) is 11.4 Å². The van der Waals surface area contributed by atoms with Crippen molar-refractivity contribution in [1.29, 1.82) is 0 Å². The molecule has 0 saturated carbocycles. The van der Waals surface area contributed by atoms with Crippen molar-refractivity contribution in [1.82, 2.24) is 0 Å². The monoisotopic (exact) mass is 687 g/mol. The molecule has 1 heteroatoms. The Kier molecular flexibility index (Phi) is 10.3. The van der Waals surface area contributed by atoms with Crippen LogP contribution in [0.2, 0.25) is 0 Å². The van der Waals surface area contributed by atoms with Crippen LogP contribution in [0.5, 0.6) is 0 Å². The molecule has 0 unspecified atom stereocenters. The molecule has 0 amide bonds. The van der Waals surface area contributed by atoms with E-state index in [1.165, 1.54) is 83.6 Å². The van der Waals surface area contributed by atoms with E-state index < -0.39 is 0 Å². The van der Waals surface area contributed by atoms with Gasteiger partial charge in [-0.3, -0.25) is 0 Å². The molecule has 0 aliphatic heterocycles. The van der Waals surface area contributed by atoms with Crippen LogP contribution in [-0.4, -0.2) is 0 Å².